The number of amides is 1. The predicted molar refractivity (Wildman–Crippen MR) is 71.8 cm³/mol. The van der Waals surface area contributed by atoms with Crippen LogP contribution in [0.4, 0.5) is 5.95 Å². The first-order chi connectivity index (χ1) is 8.65. The molecule has 0 bridgehead atoms. The number of allylic oxidation sites excluding steroid dienone is 1. The number of hydrogen-bond acceptors (Lipinski definition) is 3. The van der Waals surface area contributed by atoms with Crippen LogP contribution in [0.1, 0.15) is 16.2 Å². The Balaban J connectivity index is 1.82. The molecule has 0 aliphatic rings. The van der Waals surface area contributed by atoms with Crippen molar-refractivity contribution >= 4 is 27.8 Å². The molecular formula is C11H12BrN5O. The summed E-state index contributed by atoms with van der Waals surface area (Å²) in [5.74, 6) is 0.194. The van der Waals surface area contributed by atoms with Crippen LogP contribution < -0.4 is 11.1 Å². The average Bonchev–Trinajstić information content (AvgIpc) is 2.93. The molecule has 0 aromatic carbocycles. The highest BCUT2D eigenvalue weighted by Gasteiger charge is 2.04. The lowest BCUT2D eigenvalue weighted by molar-refractivity contribution is 0.0965. The number of nitrogen functional groups attached to an aromatic ring is 1. The molecule has 0 aliphatic heterocycles. The Bertz CT molecular complexity index is 572. The van der Waals surface area contributed by atoms with Crippen molar-refractivity contribution in [2.24, 2.45) is 0 Å². The minimum Gasteiger partial charge on any atom is -0.369 e. The molecule has 2 aromatic heterocycles. The fourth-order valence-electron chi connectivity index (χ4n) is 1.38. The van der Waals surface area contributed by atoms with Crippen molar-refractivity contribution in [2.75, 3.05) is 5.73 Å². The fraction of sp³-hybridized carbons (Fsp3) is 0.0909. The number of imidazole rings is 1. The molecule has 18 heavy (non-hydrogen) atoms. The van der Waals surface area contributed by atoms with Crippen LogP contribution in [0.15, 0.2) is 35.2 Å². The number of rotatable bonds is 4. The number of aromatic amines is 2. The van der Waals surface area contributed by atoms with Crippen LogP contribution in [0.3, 0.4) is 0 Å². The van der Waals surface area contributed by atoms with Crippen molar-refractivity contribution in [1.29, 1.82) is 0 Å². The number of H-pyrrole nitrogens is 2. The molecule has 2 aromatic rings. The summed E-state index contributed by atoms with van der Waals surface area (Å²) in [6, 6.07) is 1.71. The zero-order valence-corrected chi connectivity index (χ0v) is 11.0. The summed E-state index contributed by atoms with van der Waals surface area (Å²) in [5.41, 5.74) is 6.83. The molecule has 0 aliphatic carbocycles. The van der Waals surface area contributed by atoms with Crippen LogP contribution in [0.25, 0.3) is 0 Å². The first-order valence-electron chi connectivity index (χ1n) is 5.24. The van der Waals surface area contributed by atoms with Gasteiger partial charge in [-0.1, -0.05) is 6.08 Å². The van der Waals surface area contributed by atoms with Gasteiger partial charge in [-0.15, -0.1) is 0 Å². The maximum Gasteiger partial charge on any atom is 0.271 e. The predicted octanol–water partition coefficient (Wildman–Crippen LogP) is 1.57. The Morgan fingerprint density at radius 3 is 3.06 bits per heavy atom. The van der Waals surface area contributed by atoms with E-state index < -0.39 is 0 Å². The van der Waals surface area contributed by atoms with Gasteiger partial charge in [0.1, 0.15) is 5.69 Å². The van der Waals surface area contributed by atoms with E-state index in [-0.39, 0.29) is 5.91 Å². The van der Waals surface area contributed by atoms with Gasteiger partial charge in [0.05, 0.1) is 6.20 Å². The molecular weight excluding hydrogens is 298 g/mol. The molecule has 6 nitrogen and oxygen atoms in total. The zero-order valence-electron chi connectivity index (χ0n) is 9.40. The third-order valence-electron chi connectivity index (χ3n) is 2.21. The average molecular weight is 310 g/mol. The molecule has 0 unspecified atom stereocenters. The highest BCUT2D eigenvalue weighted by molar-refractivity contribution is 9.10. The molecule has 7 heteroatoms. The van der Waals surface area contributed by atoms with Crippen molar-refractivity contribution in [3.63, 3.8) is 0 Å². The number of nitrogens with two attached hydrogens (primary N) is 1. The topological polar surface area (TPSA) is 99.6 Å². The van der Waals surface area contributed by atoms with Crippen LogP contribution >= 0.6 is 15.9 Å². The second-order valence-electron chi connectivity index (χ2n) is 3.61. The summed E-state index contributed by atoms with van der Waals surface area (Å²) < 4.78 is 0.838. The largest absolute Gasteiger partial charge is 0.369 e. The number of carbonyl (C=O) groups excluding carboxylic acids is 1. The summed E-state index contributed by atoms with van der Waals surface area (Å²) in [5, 5.41) is 2.65. The molecule has 0 saturated heterocycles. The Kier molecular flexibility index (Phi) is 3.83. The fourth-order valence-corrected chi connectivity index (χ4v) is 1.72. The van der Waals surface area contributed by atoms with E-state index in [2.05, 4.69) is 36.2 Å². The molecule has 0 fully saturated rings. The van der Waals surface area contributed by atoms with Crippen LogP contribution in [0.5, 0.6) is 0 Å². The lowest BCUT2D eigenvalue weighted by Crippen LogP contribution is -2.17. The Hall–Kier alpha value is -2.02. The maximum atomic E-state index is 11.6. The molecule has 5 N–H and O–H groups in total. The zero-order chi connectivity index (χ0) is 13.0. The van der Waals surface area contributed by atoms with E-state index in [1.165, 1.54) is 0 Å². The van der Waals surface area contributed by atoms with Crippen LogP contribution in [0, 0.1) is 0 Å². The molecule has 1 amide bonds. The number of carbonyl (C=O) groups is 1. The van der Waals surface area contributed by atoms with Crippen molar-refractivity contribution in [2.45, 2.75) is 6.42 Å². The minimum absolute atomic E-state index is 0.193. The summed E-state index contributed by atoms with van der Waals surface area (Å²) in [7, 11) is 0. The van der Waals surface area contributed by atoms with Gasteiger partial charge in [-0.05, 0) is 22.0 Å². The molecule has 0 atom stereocenters. The number of hydrogen-bond donors (Lipinski definition) is 4. The van der Waals surface area contributed by atoms with E-state index in [0.717, 1.165) is 10.2 Å². The van der Waals surface area contributed by atoms with E-state index in [1.807, 2.05) is 6.08 Å². The normalized spacial score (nSPS) is 10.9. The van der Waals surface area contributed by atoms with Gasteiger partial charge in [0.25, 0.3) is 5.91 Å². The number of aromatic nitrogens is 3. The van der Waals surface area contributed by atoms with E-state index in [9.17, 15) is 4.79 Å². The summed E-state index contributed by atoms with van der Waals surface area (Å²) in [6.45, 7) is 0. The van der Waals surface area contributed by atoms with Crippen molar-refractivity contribution in [3.05, 3.63) is 46.6 Å². The maximum absolute atomic E-state index is 11.6. The van der Waals surface area contributed by atoms with E-state index in [4.69, 9.17) is 5.73 Å². The molecule has 0 radical (unpaired) electrons. The van der Waals surface area contributed by atoms with Gasteiger partial charge in [-0.2, -0.15) is 0 Å². The molecule has 94 valence electrons. The third kappa shape index (κ3) is 3.24. The second kappa shape index (κ2) is 5.54. The summed E-state index contributed by atoms with van der Waals surface area (Å²) >= 11 is 3.26. The number of anilines is 1. The SMILES string of the molecule is Nc1ncc(CC=CNC(=O)c2cc(Br)c[nH]2)[nH]1. The first kappa shape index (κ1) is 12.4. The van der Waals surface area contributed by atoms with Crippen LogP contribution in [-0.2, 0) is 6.42 Å². The standard InChI is InChI=1S/C11H12BrN5O/c12-7-4-9(15-5-7)10(18)14-3-1-2-8-6-16-11(13)17-8/h1,3-6,15H,2H2,(H,14,18)(H3,13,16,17). The van der Waals surface area contributed by atoms with Gasteiger partial charge in [0.2, 0.25) is 0 Å². The lowest BCUT2D eigenvalue weighted by Gasteiger charge is -1.96. The third-order valence-corrected chi connectivity index (χ3v) is 2.67. The van der Waals surface area contributed by atoms with Crippen molar-refractivity contribution in [3.8, 4) is 0 Å². The summed E-state index contributed by atoms with van der Waals surface area (Å²) in [4.78, 5) is 21.2. The van der Waals surface area contributed by atoms with Gasteiger partial charge in [0, 0.05) is 29.0 Å². The lowest BCUT2D eigenvalue weighted by atomic mass is 10.3. The van der Waals surface area contributed by atoms with Crippen LogP contribution in [-0.4, -0.2) is 20.9 Å². The number of nitrogens with zero attached hydrogens (tertiary/aromatic N) is 1. The van der Waals surface area contributed by atoms with Crippen molar-refractivity contribution in [1.82, 2.24) is 20.3 Å². The van der Waals surface area contributed by atoms with Crippen molar-refractivity contribution < 1.29 is 4.79 Å². The van der Waals surface area contributed by atoms with E-state index in [1.54, 1.807) is 24.7 Å². The molecule has 0 saturated carbocycles. The van der Waals surface area contributed by atoms with E-state index in [0.29, 0.717) is 18.1 Å². The van der Waals surface area contributed by atoms with Gasteiger partial charge < -0.3 is 21.0 Å². The first-order valence-corrected chi connectivity index (χ1v) is 6.03. The molecule has 2 heterocycles. The minimum atomic E-state index is -0.193. The second-order valence-corrected chi connectivity index (χ2v) is 4.52. The Morgan fingerprint density at radius 2 is 2.44 bits per heavy atom. The van der Waals surface area contributed by atoms with Gasteiger partial charge in [-0.3, -0.25) is 4.79 Å². The number of halogens is 1. The van der Waals surface area contributed by atoms with Gasteiger partial charge in [0.15, 0.2) is 5.95 Å². The van der Waals surface area contributed by atoms with Crippen LogP contribution in [0.2, 0.25) is 0 Å². The highest BCUT2D eigenvalue weighted by atomic mass is 79.9. The van der Waals surface area contributed by atoms with Gasteiger partial charge >= 0.3 is 0 Å². The summed E-state index contributed by atoms with van der Waals surface area (Å²) in [6.07, 6.45) is 7.38. The Morgan fingerprint density at radius 1 is 1.61 bits per heavy atom. The monoisotopic (exact) mass is 309 g/mol. The molecule has 0 spiro atoms. The highest BCUT2D eigenvalue weighted by Crippen LogP contribution is 2.10. The Labute approximate surface area is 112 Å². The number of nitrogens with one attached hydrogen (secondary N) is 3. The van der Waals surface area contributed by atoms with E-state index >= 15 is 0 Å². The smallest absolute Gasteiger partial charge is 0.271 e. The van der Waals surface area contributed by atoms with Gasteiger partial charge in [-0.25, -0.2) is 4.98 Å². The molecule has 2 rings (SSSR count). The quantitative estimate of drug-likeness (QED) is 0.689.